The van der Waals surface area contributed by atoms with Gasteiger partial charge in [-0.1, -0.05) is 187 Å². The van der Waals surface area contributed by atoms with E-state index < -0.39 is 26.5 Å². The van der Waals surface area contributed by atoms with Gasteiger partial charge in [0.05, 0.1) is 13.2 Å². The SMILES string of the molecule is CC/C=C\C/C=C\C/C=C\C/C=C\C/C=C\CCCCCCCCCC(=O)OCC(O)COP(=O)(O)OCCNC(=O)CCCCCCC/C=C\C/C=C\C/C=C\C/C=C\CCCCC. The van der Waals surface area contributed by atoms with Gasteiger partial charge in [-0.2, -0.15) is 0 Å². The van der Waals surface area contributed by atoms with Crippen LogP contribution in [0.25, 0.3) is 0 Å². The van der Waals surface area contributed by atoms with E-state index in [0.29, 0.717) is 6.42 Å². The summed E-state index contributed by atoms with van der Waals surface area (Å²) in [6, 6.07) is 0. The van der Waals surface area contributed by atoms with Gasteiger partial charge in [-0.25, -0.2) is 4.57 Å². The second-order valence-corrected chi connectivity index (χ2v) is 17.9. The molecule has 0 heterocycles. The number of allylic oxidation sites excluding steroid dienone is 18. The molecule has 0 aromatic rings. The minimum Gasteiger partial charge on any atom is -0.463 e. The first-order valence-electron chi connectivity index (χ1n) is 25.4. The highest BCUT2D eigenvalue weighted by atomic mass is 31.2. The van der Waals surface area contributed by atoms with E-state index in [1.807, 2.05) is 0 Å². The van der Waals surface area contributed by atoms with Crippen LogP contribution in [0, 0.1) is 0 Å². The van der Waals surface area contributed by atoms with Crippen molar-refractivity contribution in [3.05, 3.63) is 109 Å². The fourth-order valence-corrected chi connectivity index (χ4v) is 7.15. The number of carbonyl (C=O) groups is 2. The Labute approximate surface area is 397 Å². The number of hydrogen-bond donors (Lipinski definition) is 3. The van der Waals surface area contributed by atoms with Crippen molar-refractivity contribution < 1.29 is 37.9 Å². The second kappa shape index (κ2) is 50.1. The quantitative estimate of drug-likeness (QED) is 0.0238. The van der Waals surface area contributed by atoms with E-state index in [1.54, 1.807) is 0 Å². The molecule has 0 aromatic carbocycles. The van der Waals surface area contributed by atoms with E-state index in [4.69, 9.17) is 13.8 Å². The molecule has 9 nitrogen and oxygen atoms in total. The lowest BCUT2D eigenvalue weighted by Crippen LogP contribution is -2.27. The third kappa shape index (κ3) is 51.5. The summed E-state index contributed by atoms with van der Waals surface area (Å²) in [6.45, 7) is 3.37. The van der Waals surface area contributed by atoms with Crippen molar-refractivity contribution >= 4 is 19.7 Å². The first-order valence-corrected chi connectivity index (χ1v) is 26.9. The highest BCUT2D eigenvalue weighted by Gasteiger charge is 2.23. The zero-order valence-electron chi connectivity index (χ0n) is 40.9. The zero-order valence-corrected chi connectivity index (χ0v) is 41.8. The van der Waals surface area contributed by atoms with E-state index in [-0.39, 0.29) is 32.1 Å². The molecule has 0 aliphatic rings. The second-order valence-electron chi connectivity index (χ2n) is 16.4. The Bertz CT molecular complexity index is 1430. The molecular formula is C55H92NO8P. The Morgan fingerprint density at radius 3 is 1.32 bits per heavy atom. The summed E-state index contributed by atoms with van der Waals surface area (Å²) in [5.41, 5.74) is 0. The standard InChI is InChI=1S/C55H92NO8P/c1-3-5-7-9-11-13-15-17-19-21-23-25-26-28-30-32-34-36-38-40-42-44-46-48-55(59)62-51-53(57)52-64-65(60,61)63-50-49-56-54(58)47-45-43-41-39-37-35-33-31-29-27-24-22-20-18-16-14-12-10-8-6-4-2/h5,7,11-14,17-20,23-25,27-28,30-31,33,53,57H,3-4,6,8-10,15-16,21-22,26,29,32,34-52H2,1-2H3,(H,56,58)(H,60,61)/b7-5-,13-11-,14-12-,19-17-,20-18-,25-23-,27-24-,30-28-,33-31-. The highest BCUT2D eigenvalue weighted by Crippen LogP contribution is 2.42. The molecule has 0 rings (SSSR count). The predicted octanol–water partition coefficient (Wildman–Crippen LogP) is 15.1. The van der Waals surface area contributed by atoms with E-state index in [0.717, 1.165) is 122 Å². The Morgan fingerprint density at radius 2 is 0.877 bits per heavy atom. The number of esters is 1. The van der Waals surface area contributed by atoms with Gasteiger partial charge < -0.3 is 20.1 Å². The third-order valence-corrected chi connectivity index (χ3v) is 11.2. The number of aliphatic hydroxyl groups excluding tert-OH is 1. The van der Waals surface area contributed by atoms with Crippen LogP contribution in [-0.2, 0) is 27.9 Å². The first-order chi connectivity index (χ1) is 31.8. The molecule has 0 saturated carbocycles. The molecule has 3 N–H and O–H groups in total. The molecule has 2 unspecified atom stereocenters. The number of nitrogens with one attached hydrogen (secondary N) is 1. The van der Waals surface area contributed by atoms with Gasteiger partial charge in [0.25, 0.3) is 0 Å². The molecule has 65 heavy (non-hydrogen) atoms. The summed E-state index contributed by atoms with van der Waals surface area (Å²) in [6.07, 6.45) is 67.3. The lowest BCUT2D eigenvalue weighted by atomic mass is 10.1. The van der Waals surface area contributed by atoms with Crippen LogP contribution in [0.4, 0.5) is 0 Å². The molecule has 0 fully saturated rings. The van der Waals surface area contributed by atoms with Gasteiger partial charge in [0.1, 0.15) is 12.7 Å². The van der Waals surface area contributed by atoms with Gasteiger partial charge in [0.15, 0.2) is 0 Å². The van der Waals surface area contributed by atoms with Crippen LogP contribution in [0.15, 0.2) is 109 Å². The number of aliphatic hydroxyl groups is 1. The van der Waals surface area contributed by atoms with E-state index in [1.165, 1.54) is 44.9 Å². The lowest BCUT2D eigenvalue weighted by molar-refractivity contribution is -0.147. The van der Waals surface area contributed by atoms with Gasteiger partial charge in [-0.05, 0) is 103 Å². The maximum Gasteiger partial charge on any atom is 0.472 e. The summed E-state index contributed by atoms with van der Waals surface area (Å²) in [5.74, 6) is -0.553. The Hall–Kier alpha value is -3.33. The molecule has 0 aliphatic carbocycles. The van der Waals surface area contributed by atoms with Crippen LogP contribution in [0.5, 0.6) is 0 Å². The Morgan fingerprint density at radius 1 is 0.492 bits per heavy atom. The van der Waals surface area contributed by atoms with Crippen molar-refractivity contribution in [2.75, 3.05) is 26.4 Å². The van der Waals surface area contributed by atoms with Crippen LogP contribution in [-0.4, -0.2) is 54.3 Å². The number of phosphoric ester groups is 1. The molecule has 0 bridgehead atoms. The topological polar surface area (TPSA) is 131 Å². The molecule has 1 amide bonds. The maximum absolute atomic E-state index is 12.2. The minimum atomic E-state index is -4.44. The van der Waals surface area contributed by atoms with Crippen LogP contribution >= 0.6 is 7.82 Å². The van der Waals surface area contributed by atoms with Gasteiger partial charge in [0.2, 0.25) is 5.91 Å². The number of ether oxygens (including phenoxy) is 1. The van der Waals surface area contributed by atoms with E-state index >= 15 is 0 Å². The van der Waals surface area contributed by atoms with Gasteiger partial charge in [-0.3, -0.25) is 18.6 Å². The summed E-state index contributed by atoms with van der Waals surface area (Å²) >= 11 is 0. The number of phosphoric acid groups is 1. The smallest absolute Gasteiger partial charge is 0.463 e. The average molecular weight is 926 g/mol. The summed E-state index contributed by atoms with van der Waals surface area (Å²) in [5, 5.41) is 12.7. The normalized spacial score (nSPS) is 14.1. The van der Waals surface area contributed by atoms with Crippen LogP contribution in [0.2, 0.25) is 0 Å². The molecule has 370 valence electrons. The highest BCUT2D eigenvalue weighted by molar-refractivity contribution is 7.47. The van der Waals surface area contributed by atoms with Crippen LogP contribution < -0.4 is 5.32 Å². The largest absolute Gasteiger partial charge is 0.472 e. The molecular weight excluding hydrogens is 834 g/mol. The zero-order chi connectivity index (χ0) is 47.4. The number of hydrogen-bond acceptors (Lipinski definition) is 7. The Kier molecular flexibility index (Phi) is 47.5. The summed E-state index contributed by atoms with van der Waals surface area (Å²) < 4.78 is 27.0. The summed E-state index contributed by atoms with van der Waals surface area (Å²) in [7, 11) is -4.44. The van der Waals surface area contributed by atoms with Gasteiger partial charge in [0, 0.05) is 19.4 Å². The monoisotopic (exact) mass is 926 g/mol. The number of carbonyl (C=O) groups excluding carboxylic acids is 2. The van der Waals surface area contributed by atoms with E-state index in [9.17, 15) is 24.2 Å². The molecule has 0 aromatic heterocycles. The molecule has 10 heteroatoms. The fourth-order valence-electron chi connectivity index (χ4n) is 6.39. The van der Waals surface area contributed by atoms with Crippen LogP contribution in [0.1, 0.15) is 194 Å². The van der Waals surface area contributed by atoms with Crippen molar-refractivity contribution in [2.24, 2.45) is 0 Å². The molecule has 0 aliphatic heterocycles. The lowest BCUT2D eigenvalue weighted by Gasteiger charge is -2.15. The van der Waals surface area contributed by atoms with Crippen molar-refractivity contribution in [1.82, 2.24) is 5.32 Å². The van der Waals surface area contributed by atoms with Crippen molar-refractivity contribution in [3.8, 4) is 0 Å². The number of unbranched alkanes of at least 4 members (excludes halogenated alkanes) is 15. The summed E-state index contributed by atoms with van der Waals surface area (Å²) in [4.78, 5) is 34.1. The van der Waals surface area contributed by atoms with Crippen molar-refractivity contribution in [3.63, 3.8) is 0 Å². The first kappa shape index (κ1) is 61.7. The van der Waals surface area contributed by atoms with Crippen molar-refractivity contribution in [1.29, 1.82) is 0 Å². The molecule has 0 spiro atoms. The number of amides is 1. The Balaban J connectivity index is 3.66. The van der Waals surface area contributed by atoms with Gasteiger partial charge in [-0.15, -0.1) is 0 Å². The predicted molar refractivity (Wildman–Crippen MR) is 275 cm³/mol. The fraction of sp³-hybridized carbons (Fsp3) is 0.636. The number of rotatable bonds is 46. The minimum absolute atomic E-state index is 0.0633. The molecule has 0 saturated heterocycles. The van der Waals surface area contributed by atoms with Gasteiger partial charge >= 0.3 is 13.8 Å². The molecule has 2 atom stereocenters. The average Bonchev–Trinajstić information content (AvgIpc) is 3.29. The van der Waals surface area contributed by atoms with Crippen LogP contribution in [0.3, 0.4) is 0 Å². The van der Waals surface area contributed by atoms with E-state index in [2.05, 4.69) is 129 Å². The van der Waals surface area contributed by atoms with Crippen molar-refractivity contribution in [2.45, 2.75) is 200 Å². The maximum atomic E-state index is 12.2. The third-order valence-electron chi connectivity index (χ3n) is 10.2. The molecule has 0 radical (unpaired) electrons.